The quantitative estimate of drug-likeness (QED) is 0.670. The van der Waals surface area contributed by atoms with Crippen molar-refractivity contribution in [2.45, 2.75) is 27.7 Å². The van der Waals surface area contributed by atoms with Crippen molar-refractivity contribution in [2.75, 3.05) is 26.4 Å². The fourth-order valence-electron chi connectivity index (χ4n) is 1.47. The van der Waals surface area contributed by atoms with Gasteiger partial charge in [0.15, 0.2) is 0 Å². The van der Waals surface area contributed by atoms with Gasteiger partial charge in [-0.1, -0.05) is 72.8 Å². The van der Waals surface area contributed by atoms with E-state index in [-0.39, 0.29) is 13.2 Å². The lowest BCUT2D eigenvalue weighted by Gasteiger charge is -1.98. The highest BCUT2D eigenvalue weighted by molar-refractivity contribution is 5.62. The van der Waals surface area contributed by atoms with Crippen molar-refractivity contribution in [3.8, 4) is 11.1 Å². The SMILES string of the molecule is C=CC.C=CC.CCOCC.OCCO.c1ccc(-c2ccccc2)cc1. The second-order valence-electron chi connectivity index (χ2n) is 4.78. The first-order valence-corrected chi connectivity index (χ1v) is 9.17. The van der Waals surface area contributed by atoms with Crippen LogP contribution in [0.5, 0.6) is 0 Å². The summed E-state index contributed by atoms with van der Waals surface area (Å²) in [6.07, 6.45) is 3.50. The zero-order chi connectivity index (χ0) is 21.2. The first-order chi connectivity index (χ1) is 13.1. The third-order valence-corrected chi connectivity index (χ3v) is 2.39. The van der Waals surface area contributed by atoms with Gasteiger partial charge in [0.1, 0.15) is 0 Å². The third-order valence-electron chi connectivity index (χ3n) is 2.39. The first kappa shape index (κ1) is 29.6. The molecule has 2 aromatic carbocycles. The van der Waals surface area contributed by atoms with Crippen molar-refractivity contribution in [3.63, 3.8) is 0 Å². The molecule has 0 atom stereocenters. The number of benzene rings is 2. The molecule has 2 aromatic rings. The number of allylic oxidation sites excluding steroid dienone is 2. The molecule has 0 saturated carbocycles. The van der Waals surface area contributed by atoms with E-state index in [0.29, 0.717) is 0 Å². The number of aliphatic hydroxyl groups is 2. The number of hydrogen-bond acceptors (Lipinski definition) is 3. The average Bonchev–Trinajstić information content (AvgIpc) is 2.72. The molecule has 27 heavy (non-hydrogen) atoms. The molecule has 0 spiro atoms. The molecule has 0 aromatic heterocycles. The summed E-state index contributed by atoms with van der Waals surface area (Å²) < 4.78 is 4.83. The zero-order valence-corrected chi connectivity index (χ0v) is 17.5. The van der Waals surface area contributed by atoms with Gasteiger partial charge >= 0.3 is 0 Å². The average molecular weight is 375 g/mol. The lowest BCUT2D eigenvalue weighted by Crippen LogP contribution is -1.85. The van der Waals surface area contributed by atoms with E-state index in [2.05, 4.69) is 61.7 Å². The molecule has 0 heterocycles. The highest BCUT2D eigenvalue weighted by Gasteiger charge is 1.91. The second kappa shape index (κ2) is 28.6. The number of rotatable bonds is 4. The van der Waals surface area contributed by atoms with E-state index in [0.717, 1.165) is 13.2 Å². The molecule has 0 aliphatic rings. The Morgan fingerprint density at radius 2 is 0.963 bits per heavy atom. The largest absolute Gasteiger partial charge is 0.394 e. The minimum absolute atomic E-state index is 0.125. The molecule has 0 aliphatic heterocycles. The van der Waals surface area contributed by atoms with Crippen LogP contribution in [0.2, 0.25) is 0 Å². The predicted molar refractivity (Wildman–Crippen MR) is 120 cm³/mol. The molecule has 152 valence electrons. The van der Waals surface area contributed by atoms with E-state index < -0.39 is 0 Å². The fraction of sp³-hybridized carbons (Fsp3) is 0.333. The van der Waals surface area contributed by atoms with Crippen molar-refractivity contribution in [2.24, 2.45) is 0 Å². The molecular formula is C24H38O3. The Hall–Kier alpha value is -2.20. The van der Waals surface area contributed by atoms with Crippen LogP contribution in [0, 0.1) is 0 Å². The van der Waals surface area contributed by atoms with E-state index >= 15 is 0 Å². The van der Waals surface area contributed by atoms with Gasteiger partial charge < -0.3 is 14.9 Å². The smallest absolute Gasteiger partial charge is 0.0662 e. The van der Waals surface area contributed by atoms with Crippen LogP contribution in [0.1, 0.15) is 27.7 Å². The molecule has 0 bridgehead atoms. The standard InChI is InChI=1S/C12H10.C4H10O.2C3H6.C2H6O2/c1-3-7-11(8-4-1)12-9-5-2-6-10-12;1-3-5-4-2;2*1-3-2;3-1-2-4/h1-10H;3-4H2,1-2H3;2*3H,1H2,2H3;3-4H,1-2H2. The van der Waals surface area contributed by atoms with Crippen LogP contribution < -0.4 is 0 Å². The van der Waals surface area contributed by atoms with E-state index in [1.807, 2.05) is 39.8 Å². The van der Waals surface area contributed by atoms with E-state index in [1.54, 1.807) is 12.2 Å². The molecule has 0 radical (unpaired) electrons. The van der Waals surface area contributed by atoms with Gasteiger partial charge in [-0.3, -0.25) is 0 Å². The normalized spacial score (nSPS) is 7.93. The topological polar surface area (TPSA) is 49.7 Å². The highest BCUT2D eigenvalue weighted by Crippen LogP contribution is 2.17. The molecule has 0 aliphatic carbocycles. The third kappa shape index (κ3) is 26.1. The maximum absolute atomic E-state index is 7.62. The molecule has 0 saturated heterocycles. The lowest BCUT2D eigenvalue weighted by atomic mass is 10.1. The van der Waals surface area contributed by atoms with Gasteiger partial charge in [0.05, 0.1) is 13.2 Å². The Kier molecular flexibility index (Phi) is 31.3. The Morgan fingerprint density at radius 3 is 1.11 bits per heavy atom. The maximum atomic E-state index is 7.62. The minimum Gasteiger partial charge on any atom is -0.394 e. The van der Waals surface area contributed by atoms with Gasteiger partial charge in [0.25, 0.3) is 0 Å². The zero-order valence-electron chi connectivity index (χ0n) is 17.5. The Morgan fingerprint density at radius 1 is 0.704 bits per heavy atom. The van der Waals surface area contributed by atoms with Crippen LogP contribution in [0.15, 0.2) is 86.0 Å². The predicted octanol–water partition coefficient (Wildman–Crippen LogP) is 5.75. The highest BCUT2D eigenvalue weighted by atomic mass is 16.5. The van der Waals surface area contributed by atoms with Crippen molar-refractivity contribution in [1.82, 2.24) is 0 Å². The van der Waals surface area contributed by atoms with E-state index in [9.17, 15) is 0 Å². The van der Waals surface area contributed by atoms with Crippen LogP contribution in [0.3, 0.4) is 0 Å². The monoisotopic (exact) mass is 374 g/mol. The van der Waals surface area contributed by atoms with Gasteiger partial charge in [0, 0.05) is 13.2 Å². The van der Waals surface area contributed by atoms with Crippen LogP contribution >= 0.6 is 0 Å². The summed E-state index contributed by atoms with van der Waals surface area (Å²) in [5.41, 5.74) is 2.55. The Bertz CT molecular complexity index is 448. The summed E-state index contributed by atoms with van der Waals surface area (Å²) in [4.78, 5) is 0. The molecule has 3 heteroatoms. The lowest BCUT2D eigenvalue weighted by molar-refractivity contribution is 0.162. The molecule has 2 N–H and O–H groups in total. The van der Waals surface area contributed by atoms with Crippen molar-refractivity contribution < 1.29 is 14.9 Å². The van der Waals surface area contributed by atoms with Crippen LogP contribution in [0.25, 0.3) is 11.1 Å². The summed E-state index contributed by atoms with van der Waals surface area (Å²) in [6.45, 7) is 15.9. The number of ether oxygens (including phenoxy) is 1. The van der Waals surface area contributed by atoms with E-state index in [1.165, 1.54) is 11.1 Å². The molecule has 3 nitrogen and oxygen atoms in total. The van der Waals surface area contributed by atoms with Crippen LogP contribution in [-0.2, 0) is 4.74 Å². The van der Waals surface area contributed by atoms with Crippen molar-refractivity contribution in [1.29, 1.82) is 0 Å². The molecular weight excluding hydrogens is 336 g/mol. The number of aliphatic hydroxyl groups excluding tert-OH is 2. The molecule has 0 unspecified atom stereocenters. The Balaban J connectivity index is -0.000000323. The second-order valence-corrected chi connectivity index (χ2v) is 4.78. The fourth-order valence-corrected chi connectivity index (χ4v) is 1.47. The summed E-state index contributed by atoms with van der Waals surface area (Å²) in [7, 11) is 0. The number of hydrogen-bond donors (Lipinski definition) is 2. The molecule has 2 rings (SSSR count). The summed E-state index contributed by atoms with van der Waals surface area (Å²) >= 11 is 0. The van der Waals surface area contributed by atoms with Gasteiger partial charge in [-0.25, -0.2) is 0 Å². The van der Waals surface area contributed by atoms with Crippen molar-refractivity contribution >= 4 is 0 Å². The summed E-state index contributed by atoms with van der Waals surface area (Å²) in [6, 6.07) is 20.8. The Labute approximate surface area is 166 Å². The maximum Gasteiger partial charge on any atom is 0.0662 e. The van der Waals surface area contributed by atoms with Crippen molar-refractivity contribution in [3.05, 3.63) is 86.0 Å². The summed E-state index contributed by atoms with van der Waals surface area (Å²) in [5.74, 6) is 0. The van der Waals surface area contributed by atoms with Gasteiger partial charge in [-0.15, -0.1) is 13.2 Å². The summed E-state index contributed by atoms with van der Waals surface area (Å²) in [5, 5.41) is 15.2. The van der Waals surface area contributed by atoms with Gasteiger partial charge in [0.2, 0.25) is 0 Å². The van der Waals surface area contributed by atoms with Crippen LogP contribution in [-0.4, -0.2) is 36.6 Å². The van der Waals surface area contributed by atoms with Gasteiger partial charge in [-0.05, 0) is 38.8 Å². The molecule has 0 fully saturated rings. The van der Waals surface area contributed by atoms with Crippen LogP contribution in [0.4, 0.5) is 0 Å². The van der Waals surface area contributed by atoms with E-state index in [4.69, 9.17) is 14.9 Å². The molecule has 0 amide bonds. The minimum atomic E-state index is -0.125. The first-order valence-electron chi connectivity index (χ1n) is 9.17. The van der Waals surface area contributed by atoms with Gasteiger partial charge in [-0.2, -0.15) is 0 Å².